The Bertz CT molecular complexity index is 1140. The van der Waals surface area contributed by atoms with Crippen molar-refractivity contribution in [3.8, 4) is 5.75 Å². The molecule has 0 radical (unpaired) electrons. The molecule has 0 saturated carbocycles. The van der Waals surface area contributed by atoms with Crippen LogP contribution in [-0.2, 0) is 22.7 Å². The number of hydrogen-bond donors (Lipinski definition) is 2. The van der Waals surface area contributed by atoms with Crippen LogP contribution in [0.5, 0.6) is 5.75 Å². The van der Waals surface area contributed by atoms with Gasteiger partial charge in [-0.2, -0.15) is 0 Å². The topological polar surface area (TPSA) is 91.0 Å². The van der Waals surface area contributed by atoms with E-state index in [1.807, 2.05) is 18.2 Å². The van der Waals surface area contributed by atoms with E-state index in [9.17, 15) is 14.4 Å². The molecule has 3 heterocycles. The number of piperidine rings is 2. The van der Waals surface area contributed by atoms with Crippen molar-refractivity contribution in [1.82, 2.24) is 20.4 Å². The van der Waals surface area contributed by atoms with Gasteiger partial charge >= 0.3 is 0 Å². The van der Waals surface area contributed by atoms with Gasteiger partial charge in [-0.15, -0.1) is 0 Å². The van der Waals surface area contributed by atoms with Gasteiger partial charge in [-0.05, 0) is 42.2 Å². The molecule has 0 aromatic heterocycles. The molecule has 2 fully saturated rings. The Balaban J connectivity index is 1.29. The summed E-state index contributed by atoms with van der Waals surface area (Å²) in [7, 11) is 0. The quantitative estimate of drug-likeness (QED) is 0.580. The monoisotopic (exact) mass is 490 g/mol. The van der Waals surface area contributed by atoms with Crippen LogP contribution in [0.15, 0.2) is 48.5 Å². The number of likely N-dealkylation sites (tertiary alicyclic amines) is 1. The highest BCUT2D eigenvalue weighted by Crippen LogP contribution is 2.31. The maximum atomic E-state index is 13.0. The fourth-order valence-corrected chi connectivity index (χ4v) is 5.50. The summed E-state index contributed by atoms with van der Waals surface area (Å²) in [4.78, 5) is 40.9. The van der Waals surface area contributed by atoms with Gasteiger partial charge < -0.3 is 15.0 Å². The summed E-state index contributed by atoms with van der Waals surface area (Å²) >= 11 is 0. The Morgan fingerprint density at radius 3 is 2.64 bits per heavy atom. The molecule has 190 valence electrons. The molecule has 2 aromatic rings. The minimum absolute atomic E-state index is 0.0359. The fraction of sp³-hybridized carbons (Fsp3) is 0.464. The van der Waals surface area contributed by atoms with Crippen molar-refractivity contribution in [3.05, 3.63) is 65.2 Å². The van der Waals surface area contributed by atoms with Gasteiger partial charge in [0.25, 0.3) is 5.91 Å². The van der Waals surface area contributed by atoms with Crippen LogP contribution >= 0.6 is 0 Å². The van der Waals surface area contributed by atoms with Crippen LogP contribution in [0.3, 0.4) is 0 Å². The van der Waals surface area contributed by atoms with Crippen LogP contribution in [0, 0.1) is 0 Å². The summed E-state index contributed by atoms with van der Waals surface area (Å²) in [5.74, 6) is -0.118. The molecule has 1 unspecified atom stereocenters. The third-order valence-corrected chi connectivity index (χ3v) is 7.22. The van der Waals surface area contributed by atoms with E-state index in [0.29, 0.717) is 24.6 Å². The number of rotatable bonds is 7. The minimum Gasteiger partial charge on any atom is -0.487 e. The first-order chi connectivity index (χ1) is 17.4. The molecule has 2 aromatic carbocycles. The zero-order valence-corrected chi connectivity index (χ0v) is 20.9. The second-order valence-electron chi connectivity index (χ2n) is 10.3. The third-order valence-electron chi connectivity index (χ3n) is 7.22. The maximum Gasteiger partial charge on any atom is 0.255 e. The molecule has 8 heteroatoms. The molecule has 36 heavy (non-hydrogen) atoms. The van der Waals surface area contributed by atoms with Gasteiger partial charge in [0.05, 0.1) is 0 Å². The first-order valence-electron chi connectivity index (χ1n) is 12.8. The molecule has 5 rings (SSSR count). The number of ether oxygens (including phenoxy) is 1. The van der Waals surface area contributed by atoms with Gasteiger partial charge in [-0.25, -0.2) is 0 Å². The Morgan fingerprint density at radius 2 is 1.89 bits per heavy atom. The lowest BCUT2D eigenvalue weighted by molar-refractivity contribution is -0.136. The first kappa shape index (κ1) is 24.5. The lowest BCUT2D eigenvalue weighted by Crippen LogP contribution is -2.56. The average Bonchev–Trinajstić information content (AvgIpc) is 3.16. The Hall–Kier alpha value is -3.23. The van der Waals surface area contributed by atoms with Crippen molar-refractivity contribution in [1.29, 1.82) is 0 Å². The molecular formula is C28H34N4O4. The number of benzene rings is 2. The van der Waals surface area contributed by atoms with E-state index in [0.717, 1.165) is 37.4 Å². The second kappa shape index (κ2) is 10.4. The summed E-state index contributed by atoms with van der Waals surface area (Å²) in [5.41, 5.74) is 2.74. The predicted octanol–water partition coefficient (Wildman–Crippen LogP) is 2.47. The Kier molecular flexibility index (Phi) is 7.07. The number of carbonyl (C=O) groups is 3. The van der Waals surface area contributed by atoms with Crippen LogP contribution in [-0.4, -0.2) is 64.8 Å². The van der Waals surface area contributed by atoms with E-state index in [4.69, 9.17) is 4.74 Å². The number of hydrogen-bond acceptors (Lipinski definition) is 6. The molecule has 3 amide bonds. The third kappa shape index (κ3) is 5.29. The van der Waals surface area contributed by atoms with E-state index in [2.05, 4.69) is 53.6 Å². The standard InChI is InChI=1S/C28H34N4O4/c1-18(2)29-23-12-13-31(15-19-6-4-3-5-7-19)17-25(23)36-21-8-9-22-20(14-21)16-32(28(22)35)24-10-11-26(33)30-27(24)34/h3-9,14,18,23-25,29H,10-13,15-17H2,1-2H3,(H,30,33,34)/t23-,24?,25-/m1/s1. The van der Waals surface area contributed by atoms with Crippen LogP contribution in [0.25, 0.3) is 0 Å². The van der Waals surface area contributed by atoms with Crippen LogP contribution in [0.4, 0.5) is 0 Å². The zero-order valence-electron chi connectivity index (χ0n) is 20.9. The largest absolute Gasteiger partial charge is 0.487 e. The molecule has 0 aliphatic carbocycles. The number of nitrogens with one attached hydrogen (secondary N) is 2. The molecular weight excluding hydrogens is 456 g/mol. The highest BCUT2D eigenvalue weighted by atomic mass is 16.5. The van der Waals surface area contributed by atoms with Crippen LogP contribution < -0.4 is 15.4 Å². The normalized spacial score (nSPS) is 24.7. The smallest absolute Gasteiger partial charge is 0.255 e. The SMILES string of the molecule is CC(C)N[C@@H]1CCN(Cc2ccccc2)C[C@H]1Oc1ccc2c(c1)CN(C1CCC(=O)NC1=O)C2=O. The number of amides is 3. The predicted molar refractivity (Wildman–Crippen MR) is 135 cm³/mol. The average molecular weight is 491 g/mol. The van der Waals surface area contributed by atoms with Crippen molar-refractivity contribution < 1.29 is 19.1 Å². The maximum absolute atomic E-state index is 13.0. The zero-order chi connectivity index (χ0) is 25.2. The highest BCUT2D eigenvalue weighted by molar-refractivity contribution is 6.05. The number of carbonyl (C=O) groups excluding carboxylic acids is 3. The van der Waals surface area contributed by atoms with Crippen molar-refractivity contribution >= 4 is 17.7 Å². The van der Waals surface area contributed by atoms with E-state index in [-0.39, 0.29) is 30.4 Å². The van der Waals surface area contributed by atoms with Crippen molar-refractivity contribution in [3.63, 3.8) is 0 Å². The van der Waals surface area contributed by atoms with Crippen LogP contribution in [0.2, 0.25) is 0 Å². The summed E-state index contributed by atoms with van der Waals surface area (Å²) in [6, 6.07) is 16.0. The summed E-state index contributed by atoms with van der Waals surface area (Å²) < 4.78 is 6.56. The number of nitrogens with zero attached hydrogens (tertiary/aromatic N) is 2. The molecule has 8 nitrogen and oxygen atoms in total. The van der Waals surface area contributed by atoms with E-state index in [1.165, 1.54) is 5.56 Å². The van der Waals surface area contributed by atoms with Gasteiger partial charge in [-0.1, -0.05) is 44.2 Å². The molecule has 3 aliphatic heterocycles. The van der Waals surface area contributed by atoms with E-state index >= 15 is 0 Å². The summed E-state index contributed by atoms with van der Waals surface area (Å²) in [6.45, 7) is 7.33. The Morgan fingerprint density at radius 1 is 1.08 bits per heavy atom. The molecule has 2 saturated heterocycles. The molecule has 0 bridgehead atoms. The van der Waals surface area contributed by atoms with Gasteiger partial charge in [-0.3, -0.25) is 24.6 Å². The highest BCUT2D eigenvalue weighted by Gasteiger charge is 2.39. The molecule has 0 spiro atoms. The molecule has 3 aliphatic rings. The van der Waals surface area contributed by atoms with E-state index in [1.54, 1.807) is 11.0 Å². The number of imide groups is 1. The van der Waals surface area contributed by atoms with Crippen LogP contribution in [0.1, 0.15) is 54.6 Å². The summed E-state index contributed by atoms with van der Waals surface area (Å²) in [6.07, 6.45) is 1.56. The van der Waals surface area contributed by atoms with Gasteiger partial charge in [0.1, 0.15) is 17.9 Å². The van der Waals surface area contributed by atoms with Crippen molar-refractivity contribution in [2.45, 2.75) is 70.4 Å². The van der Waals surface area contributed by atoms with Gasteiger partial charge in [0.2, 0.25) is 11.8 Å². The lowest BCUT2D eigenvalue weighted by Gasteiger charge is -2.39. The van der Waals surface area contributed by atoms with Crippen molar-refractivity contribution in [2.75, 3.05) is 13.1 Å². The number of fused-ring (bicyclic) bond motifs is 1. The van der Waals surface area contributed by atoms with Crippen molar-refractivity contribution in [2.24, 2.45) is 0 Å². The summed E-state index contributed by atoms with van der Waals surface area (Å²) in [5, 5.41) is 6.02. The Labute approximate surface area is 212 Å². The fourth-order valence-electron chi connectivity index (χ4n) is 5.50. The lowest BCUT2D eigenvalue weighted by atomic mass is 9.99. The van der Waals surface area contributed by atoms with E-state index < -0.39 is 11.9 Å². The first-order valence-corrected chi connectivity index (χ1v) is 12.8. The minimum atomic E-state index is -0.614. The molecule has 2 N–H and O–H groups in total. The second-order valence-corrected chi connectivity index (χ2v) is 10.3. The van der Waals surface area contributed by atoms with Gasteiger partial charge in [0, 0.05) is 50.2 Å². The van der Waals surface area contributed by atoms with Gasteiger partial charge in [0.15, 0.2) is 0 Å². The molecule has 3 atom stereocenters.